The molecule has 1 atom stereocenters. The number of hydrogen-bond donors (Lipinski definition) is 2. The van der Waals surface area contributed by atoms with Crippen LogP contribution in [0.5, 0.6) is 0 Å². The van der Waals surface area contributed by atoms with E-state index in [1.807, 2.05) is 36.4 Å². The third-order valence-electron chi connectivity index (χ3n) is 6.24. The Morgan fingerprint density at radius 3 is 2.13 bits per heavy atom. The molecule has 0 saturated carbocycles. The summed E-state index contributed by atoms with van der Waals surface area (Å²) in [5.41, 5.74) is 1.62. The van der Waals surface area contributed by atoms with Crippen LogP contribution in [0.3, 0.4) is 0 Å². The summed E-state index contributed by atoms with van der Waals surface area (Å²) in [7, 11) is 0. The summed E-state index contributed by atoms with van der Waals surface area (Å²) in [6.45, 7) is 2.82. The first-order chi connectivity index (χ1) is 18.7. The first-order valence-electron chi connectivity index (χ1n) is 12.1. The van der Waals surface area contributed by atoms with Gasteiger partial charge in [-0.15, -0.1) is 0 Å². The van der Waals surface area contributed by atoms with E-state index in [9.17, 15) is 24.0 Å². The number of esters is 1. The van der Waals surface area contributed by atoms with Crippen LogP contribution in [0.25, 0.3) is 10.8 Å². The van der Waals surface area contributed by atoms with Gasteiger partial charge in [-0.2, -0.15) is 0 Å². The molecule has 4 aromatic carbocycles. The number of rotatable bonds is 6. The number of amides is 4. The monoisotopic (exact) mass is 521 g/mol. The number of ether oxygens (including phenoxy) is 1. The average Bonchev–Trinajstić information content (AvgIpc) is 3.17. The number of carbonyl (C=O) groups is 5. The van der Waals surface area contributed by atoms with Gasteiger partial charge in [0.2, 0.25) is 5.91 Å². The van der Waals surface area contributed by atoms with Gasteiger partial charge in [-0.3, -0.25) is 19.2 Å². The average molecular weight is 522 g/mol. The van der Waals surface area contributed by atoms with E-state index in [0.29, 0.717) is 17.1 Å². The predicted molar refractivity (Wildman–Crippen MR) is 146 cm³/mol. The highest BCUT2D eigenvalue weighted by Crippen LogP contribution is 2.30. The summed E-state index contributed by atoms with van der Waals surface area (Å²) in [5.74, 6) is -2.70. The molecule has 0 spiro atoms. The Balaban J connectivity index is 1.27. The molecule has 4 aromatic rings. The van der Waals surface area contributed by atoms with Crippen molar-refractivity contribution in [1.82, 2.24) is 0 Å². The number of imide groups is 1. The molecule has 5 rings (SSSR count). The van der Waals surface area contributed by atoms with E-state index in [0.717, 1.165) is 15.7 Å². The van der Waals surface area contributed by atoms with E-state index in [2.05, 4.69) is 10.6 Å². The van der Waals surface area contributed by atoms with Gasteiger partial charge in [0, 0.05) is 18.3 Å². The van der Waals surface area contributed by atoms with Crippen LogP contribution in [0.2, 0.25) is 0 Å². The van der Waals surface area contributed by atoms with Gasteiger partial charge in [-0.05, 0) is 72.3 Å². The summed E-state index contributed by atoms with van der Waals surface area (Å²) >= 11 is 0. The van der Waals surface area contributed by atoms with E-state index in [1.54, 1.807) is 18.2 Å². The molecule has 4 amide bonds. The zero-order valence-corrected chi connectivity index (χ0v) is 21.1. The van der Waals surface area contributed by atoms with E-state index in [-0.39, 0.29) is 22.6 Å². The Morgan fingerprint density at radius 1 is 0.744 bits per heavy atom. The Bertz CT molecular complexity index is 1660. The SMILES string of the molecule is CC(=O)Nc1ccc(N2C(=O)c3ccc(C(=O)O[C@@H](C)C(=O)Nc4ccc5ccccc5c4)cc3C2=O)cc1. The maximum Gasteiger partial charge on any atom is 0.338 e. The van der Waals surface area contributed by atoms with Gasteiger partial charge < -0.3 is 15.4 Å². The highest BCUT2D eigenvalue weighted by Gasteiger charge is 2.37. The van der Waals surface area contributed by atoms with Crippen LogP contribution in [0.1, 0.15) is 44.9 Å². The predicted octanol–water partition coefficient (Wildman–Crippen LogP) is 4.78. The topological polar surface area (TPSA) is 122 Å². The molecule has 0 unspecified atom stereocenters. The smallest absolute Gasteiger partial charge is 0.338 e. The second-order valence-electron chi connectivity index (χ2n) is 9.03. The minimum absolute atomic E-state index is 0.0307. The standard InChI is InChI=1S/C30H23N3O6/c1-17(27(35)32-23-9-7-19-5-3-4-6-20(19)15-23)39-30(38)21-8-14-25-26(16-21)29(37)33(28(25)36)24-12-10-22(11-13-24)31-18(2)34/h3-17H,1-2H3,(H,31,34)(H,32,35)/t17-/m0/s1. The van der Waals surface area contributed by atoms with Crippen molar-refractivity contribution < 1.29 is 28.7 Å². The zero-order valence-electron chi connectivity index (χ0n) is 21.1. The molecule has 194 valence electrons. The van der Waals surface area contributed by atoms with Crippen molar-refractivity contribution >= 4 is 57.4 Å². The zero-order chi connectivity index (χ0) is 27.7. The second kappa shape index (κ2) is 10.2. The van der Waals surface area contributed by atoms with Crippen LogP contribution in [0.15, 0.2) is 84.9 Å². The fraction of sp³-hybridized carbons (Fsp3) is 0.100. The van der Waals surface area contributed by atoms with Crippen LogP contribution in [0, 0.1) is 0 Å². The number of hydrogen-bond acceptors (Lipinski definition) is 6. The molecule has 9 heteroatoms. The highest BCUT2D eigenvalue weighted by atomic mass is 16.5. The van der Waals surface area contributed by atoms with Crippen molar-refractivity contribution in [1.29, 1.82) is 0 Å². The first-order valence-corrected chi connectivity index (χ1v) is 12.1. The largest absolute Gasteiger partial charge is 0.449 e. The first kappa shape index (κ1) is 25.3. The Morgan fingerprint density at radius 2 is 1.41 bits per heavy atom. The molecule has 1 heterocycles. The normalized spacial score (nSPS) is 13.1. The third-order valence-corrected chi connectivity index (χ3v) is 6.24. The van der Waals surface area contributed by atoms with E-state index in [4.69, 9.17) is 4.74 Å². The summed E-state index contributed by atoms with van der Waals surface area (Å²) in [5, 5.41) is 7.34. The van der Waals surface area contributed by atoms with Crippen LogP contribution >= 0.6 is 0 Å². The lowest BCUT2D eigenvalue weighted by atomic mass is 10.1. The molecule has 0 saturated heterocycles. The van der Waals surface area contributed by atoms with E-state index in [1.165, 1.54) is 44.2 Å². The van der Waals surface area contributed by atoms with Crippen molar-refractivity contribution in [3.05, 3.63) is 102 Å². The van der Waals surface area contributed by atoms with Crippen LogP contribution in [-0.4, -0.2) is 35.7 Å². The molecule has 0 aliphatic carbocycles. The lowest BCUT2D eigenvalue weighted by Crippen LogP contribution is -2.30. The van der Waals surface area contributed by atoms with Crippen LogP contribution < -0.4 is 15.5 Å². The number of benzene rings is 4. The molecular weight excluding hydrogens is 498 g/mol. The quantitative estimate of drug-likeness (QED) is 0.278. The molecule has 0 aromatic heterocycles. The second-order valence-corrected chi connectivity index (χ2v) is 9.03. The van der Waals surface area contributed by atoms with Gasteiger partial charge in [-0.1, -0.05) is 30.3 Å². The lowest BCUT2D eigenvalue weighted by Gasteiger charge is -2.14. The maximum atomic E-state index is 13.1. The van der Waals surface area contributed by atoms with Crippen molar-refractivity contribution in [2.24, 2.45) is 0 Å². The fourth-order valence-electron chi connectivity index (χ4n) is 4.29. The third kappa shape index (κ3) is 5.10. The van der Waals surface area contributed by atoms with Crippen molar-refractivity contribution in [3.8, 4) is 0 Å². The summed E-state index contributed by atoms with van der Waals surface area (Å²) in [6.07, 6.45) is -1.12. The molecule has 9 nitrogen and oxygen atoms in total. The van der Waals surface area contributed by atoms with E-state index >= 15 is 0 Å². The molecule has 2 N–H and O–H groups in total. The Kier molecular flexibility index (Phi) is 6.64. The molecule has 1 aliphatic rings. The number of nitrogens with zero attached hydrogens (tertiary/aromatic N) is 1. The molecule has 0 bridgehead atoms. The Hall–Kier alpha value is -5.31. The number of nitrogens with one attached hydrogen (secondary N) is 2. The summed E-state index contributed by atoms with van der Waals surface area (Å²) < 4.78 is 5.34. The maximum absolute atomic E-state index is 13.1. The number of fused-ring (bicyclic) bond motifs is 2. The highest BCUT2D eigenvalue weighted by molar-refractivity contribution is 6.34. The fourth-order valence-corrected chi connectivity index (χ4v) is 4.29. The minimum atomic E-state index is -1.12. The summed E-state index contributed by atoms with van der Waals surface area (Å²) in [4.78, 5) is 63.7. The Labute approximate surface area is 223 Å². The summed E-state index contributed by atoms with van der Waals surface area (Å²) in [6, 6.07) is 23.5. The van der Waals surface area contributed by atoms with Gasteiger partial charge in [0.05, 0.1) is 22.4 Å². The molecule has 39 heavy (non-hydrogen) atoms. The molecular formula is C30H23N3O6. The molecule has 1 aliphatic heterocycles. The minimum Gasteiger partial charge on any atom is -0.449 e. The molecule has 0 fully saturated rings. The van der Waals surface area contributed by atoms with Gasteiger partial charge in [0.15, 0.2) is 6.10 Å². The van der Waals surface area contributed by atoms with Gasteiger partial charge in [0.1, 0.15) is 0 Å². The van der Waals surface area contributed by atoms with Crippen molar-refractivity contribution in [3.63, 3.8) is 0 Å². The van der Waals surface area contributed by atoms with Crippen molar-refractivity contribution in [2.75, 3.05) is 15.5 Å². The van der Waals surface area contributed by atoms with Crippen LogP contribution in [-0.2, 0) is 14.3 Å². The number of anilines is 3. The van der Waals surface area contributed by atoms with Gasteiger partial charge in [0.25, 0.3) is 17.7 Å². The molecule has 0 radical (unpaired) electrons. The lowest BCUT2D eigenvalue weighted by molar-refractivity contribution is -0.123. The van der Waals surface area contributed by atoms with Gasteiger partial charge in [-0.25, -0.2) is 9.69 Å². The number of carbonyl (C=O) groups excluding carboxylic acids is 5. The van der Waals surface area contributed by atoms with Crippen LogP contribution in [0.4, 0.5) is 17.1 Å². The van der Waals surface area contributed by atoms with E-state index < -0.39 is 29.8 Å². The van der Waals surface area contributed by atoms with Gasteiger partial charge >= 0.3 is 5.97 Å². The van der Waals surface area contributed by atoms with Crippen molar-refractivity contribution in [2.45, 2.75) is 20.0 Å².